The molecular weight excluding hydrogens is 392 g/mol. The minimum Gasteiger partial charge on any atom is -0.307 e. The van der Waals surface area contributed by atoms with Crippen molar-refractivity contribution in [2.24, 2.45) is 0 Å². The average Bonchev–Trinajstić information content (AvgIpc) is 3.05. The summed E-state index contributed by atoms with van der Waals surface area (Å²) in [5, 5.41) is 7.57. The molecule has 1 N–H and O–H groups in total. The lowest BCUT2D eigenvalue weighted by atomic mass is 9.92. The number of hydroxylamine groups is 1. The van der Waals surface area contributed by atoms with Crippen LogP contribution in [0.3, 0.4) is 0 Å². The summed E-state index contributed by atoms with van der Waals surface area (Å²) in [5.74, 6) is 0.239. The first-order chi connectivity index (χ1) is 13.2. The number of benzene rings is 1. The number of nitrogens with one attached hydrogen (secondary N) is 1. The maximum atomic E-state index is 12.8. The van der Waals surface area contributed by atoms with E-state index >= 15 is 0 Å². The van der Waals surface area contributed by atoms with E-state index in [9.17, 15) is 13.2 Å². The van der Waals surface area contributed by atoms with Crippen LogP contribution in [0.15, 0.2) is 35.2 Å². The Bertz CT molecular complexity index is 981. The Morgan fingerprint density at radius 2 is 1.66 bits per heavy atom. The Morgan fingerprint density at radius 3 is 2.10 bits per heavy atom. The van der Waals surface area contributed by atoms with Crippen LogP contribution in [0.25, 0.3) is 0 Å². The number of carbonyl (C=O) groups is 1. The maximum Gasteiger partial charge on any atom is 0.264 e. The third kappa shape index (κ3) is 5.04. The lowest BCUT2D eigenvalue weighted by Crippen LogP contribution is -2.27. The lowest BCUT2D eigenvalue weighted by molar-refractivity contribution is -0.0258. The summed E-state index contributed by atoms with van der Waals surface area (Å²) in [5.41, 5.74) is 0.712. The van der Waals surface area contributed by atoms with Gasteiger partial charge in [0.25, 0.3) is 15.9 Å². The molecule has 2 rings (SSSR count). The Kier molecular flexibility index (Phi) is 6.27. The first-order valence-corrected chi connectivity index (χ1v) is 10.7. The zero-order valence-corrected chi connectivity index (χ0v) is 19.1. The number of rotatable bonds is 5. The molecule has 1 aromatic carbocycles. The number of nitrogens with zero attached hydrogens (tertiary/aromatic N) is 3. The van der Waals surface area contributed by atoms with Gasteiger partial charge in [0.1, 0.15) is 5.82 Å². The fourth-order valence-corrected chi connectivity index (χ4v) is 3.53. The van der Waals surface area contributed by atoms with Crippen molar-refractivity contribution in [3.05, 3.63) is 41.6 Å². The highest BCUT2D eigenvalue weighted by Gasteiger charge is 2.26. The molecule has 9 heteroatoms. The molecule has 1 amide bonds. The van der Waals surface area contributed by atoms with Gasteiger partial charge >= 0.3 is 0 Å². The summed E-state index contributed by atoms with van der Waals surface area (Å²) < 4.78 is 27.1. The van der Waals surface area contributed by atoms with Crippen molar-refractivity contribution in [2.75, 3.05) is 19.5 Å². The van der Waals surface area contributed by atoms with E-state index in [2.05, 4.69) is 31.2 Å². The molecule has 0 saturated carbocycles. The number of anilines is 1. The molecule has 0 radical (unpaired) electrons. The zero-order chi connectivity index (χ0) is 22.2. The van der Waals surface area contributed by atoms with Crippen LogP contribution in [0.5, 0.6) is 0 Å². The SMILES string of the molecule is CON(C)S(=O)(=O)c1ccc(C(=O)Nc2cc(C(C)(C)C)nn2C(C)(C)C)cc1. The predicted octanol–water partition coefficient (Wildman–Crippen LogP) is 3.37. The third-order valence-corrected chi connectivity index (χ3v) is 6.06. The summed E-state index contributed by atoms with van der Waals surface area (Å²) in [6, 6.07) is 7.56. The fourth-order valence-electron chi connectivity index (χ4n) is 2.56. The van der Waals surface area contributed by atoms with Crippen molar-refractivity contribution in [1.29, 1.82) is 0 Å². The molecule has 0 saturated heterocycles. The Labute approximate surface area is 172 Å². The van der Waals surface area contributed by atoms with Crippen LogP contribution in [0.2, 0.25) is 0 Å². The van der Waals surface area contributed by atoms with Crippen molar-refractivity contribution in [1.82, 2.24) is 14.2 Å². The largest absolute Gasteiger partial charge is 0.307 e. The highest BCUT2D eigenvalue weighted by Crippen LogP contribution is 2.28. The molecule has 0 aliphatic carbocycles. The summed E-state index contributed by atoms with van der Waals surface area (Å²) in [7, 11) is -1.19. The van der Waals surface area contributed by atoms with Gasteiger partial charge in [0.05, 0.1) is 23.2 Å². The summed E-state index contributed by atoms with van der Waals surface area (Å²) >= 11 is 0. The van der Waals surface area contributed by atoms with Gasteiger partial charge in [-0.3, -0.25) is 9.63 Å². The second-order valence-electron chi connectivity index (χ2n) is 8.82. The van der Waals surface area contributed by atoms with Gasteiger partial charge in [0, 0.05) is 24.1 Å². The molecule has 0 fully saturated rings. The minimum absolute atomic E-state index is 0.0353. The lowest BCUT2D eigenvalue weighted by Gasteiger charge is -2.23. The second kappa shape index (κ2) is 7.89. The normalized spacial score (nSPS) is 13.0. The van der Waals surface area contributed by atoms with Gasteiger partial charge < -0.3 is 5.32 Å². The van der Waals surface area contributed by atoms with E-state index in [1.807, 2.05) is 26.8 Å². The van der Waals surface area contributed by atoms with Crippen molar-refractivity contribution < 1.29 is 18.0 Å². The van der Waals surface area contributed by atoms with Crippen LogP contribution < -0.4 is 5.32 Å². The van der Waals surface area contributed by atoms with Crippen molar-refractivity contribution >= 4 is 21.7 Å². The zero-order valence-electron chi connectivity index (χ0n) is 18.3. The number of carbonyl (C=O) groups excluding carboxylic acids is 1. The van der Waals surface area contributed by atoms with Gasteiger partial charge in [-0.05, 0) is 45.0 Å². The smallest absolute Gasteiger partial charge is 0.264 e. The van der Waals surface area contributed by atoms with E-state index in [0.29, 0.717) is 11.4 Å². The molecule has 1 aromatic heterocycles. The predicted molar refractivity (Wildman–Crippen MR) is 112 cm³/mol. The number of amides is 1. The summed E-state index contributed by atoms with van der Waals surface area (Å²) in [6.45, 7) is 12.2. The van der Waals surface area contributed by atoms with Gasteiger partial charge in [-0.25, -0.2) is 13.1 Å². The molecule has 160 valence electrons. The first-order valence-electron chi connectivity index (χ1n) is 9.23. The molecule has 0 atom stereocenters. The van der Waals surface area contributed by atoms with E-state index in [-0.39, 0.29) is 21.8 Å². The summed E-state index contributed by atoms with van der Waals surface area (Å²) in [4.78, 5) is 17.6. The Hall–Kier alpha value is -2.23. The van der Waals surface area contributed by atoms with Crippen LogP contribution in [0.4, 0.5) is 5.82 Å². The van der Waals surface area contributed by atoms with E-state index in [1.54, 1.807) is 4.68 Å². The maximum absolute atomic E-state index is 12.8. The van der Waals surface area contributed by atoms with E-state index in [4.69, 9.17) is 4.84 Å². The molecule has 0 bridgehead atoms. The van der Waals surface area contributed by atoms with Crippen molar-refractivity contribution in [2.45, 2.75) is 57.4 Å². The number of hydrogen-bond donors (Lipinski definition) is 1. The third-order valence-electron chi connectivity index (χ3n) is 4.36. The number of sulfonamides is 1. The van der Waals surface area contributed by atoms with E-state index in [0.717, 1.165) is 10.2 Å². The van der Waals surface area contributed by atoms with Crippen LogP contribution in [0.1, 0.15) is 57.6 Å². The molecule has 8 nitrogen and oxygen atoms in total. The highest BCUT2D eigenvalue weighted by molar-refractivity contribution is 7.89. The van der Waals surface area contributed by atoms with Gasteiger partial charge in [0.15, 0.2) is 0 Å². The second-order valence-corrected chi connectivity index (χ2v) is 10.8. The fraction of sp³-hybridized carbons (Fsp3) is 0.500. The van der Waals surface area contributed by atoms with E-state index in [1.165, 1.54) is 38.4 Å². The standard InChI is InChI=1S/C20H30N4O4S/c1-19(2,3)16-13-17(24(22-16)20(4,5)6)21-18(25)14-9-11-15(12-10-14)29(26,27)23(7)28-8/h9-13H,1-8H3,(H,21,25). The van der Waals surface area contributed by atoms with Crippen LogP contribution in [0, 0.1) is 0 Å². The topological polar surface area (TPSA) is 93.5 Å². The molecule has 0 spiro atoms. The molecule has 1 heterocycles. The van der Waals surface area contributed by atoms with Crippen LogP contribution in [-0.2, 0) is 25.8 Å². The van der Waals surface area contributed by atoms with Gasteiger partial charge in [-0.1, -0.05) is 25.2 Å². The molecule has 29 heavy (non-hydrogen) atoms. The molecular formula is C20H30N4O4S. The van der Waals surface area contributed by atoms with Crippen molar-refractivity contribution in [3.63, 3.8) is 0 Å². The first kappa shape index (κ1) is 23.1. The van der Waals surface area contributed by atoms with E-state index < -0.39 is 10.0 Å². The Morgan fingerprint density at radius 1 is 1.10 bits per heavy atom. The van der Waals surface area contributed by atoms with Crippen LogP contribution in [-0.4, -0.2) is 42.7 Å². The highest BCUT2D eigenvalue weighted by atomic mass is 32.2. The minimum atomic E-state index is -3.76. The molecule has 2 aromatic rings. The summed E-state index contributed by atoms with van der Waals surface area (Å²) in [6.07, 6.45) is 0. The van der Waals surface area contributed by atoms with Gasteiger partial charge in [-0.2, -0.15) is 5.10 Å². The number of aromatic nitrogens is 2. The quantitative estimate of drug-likeness (QED) is 0.746. The Balaban J connectivity index is 2.32. The molecule has 0 aliphatic heterocycles. The van der Waals surface area contributed by atoms with Gasteiger partial charge in [0.2, 0.25) is 0 Å². The number of hydrogen-bond acceptors (Lipinski definition) is 5. The monoisotopic (exact) mass is 422 g/mol. The average molecular weight is 423 g/mol. The van der Waals surface area contributed by atoms with Crippen molar-refractivity contribution in [3.8, 4) is 0 Å². The molecule has 0 unspecified atom stereocenters. The van der Waals surface area contributed by atoms with Crippen LogP contribution >= 0.6 is 0 Å². The van der Waals surface area contributed by atoms with Gasteiger partial charge in [-0.15, -0.1) is 0 Å². The molecule has 0 aliphatic rings.